The fourth-order valence-corrected chi connectivity index (χ4v) is 3.57. The zero-order valence-corrected chi connectivity index (χ0v) is 16.2. The van der Waals surface area contributed by atoms with Gasteiger partial charge in [-0.15, -0.1) is 10.2 Å². The molecule has 0 spiro atoms. The Morgan fingerprint density at radius 1 is 1.27 bits per heavy atom. The number of nitrogens with one attached hydrogen (secondary N) is 1. The van der Waals surface area contributed by atoms with E-state index in [0.717, 1.165) is 17.7 Å². The number of hydrogen-bond donors (Lipinski definition) is 1. The number of aromatic nitrogens is 3. The SMILES string of the molecule is COc1ccc(CCNC(=O)CSc2nnc3c(Cl)cc(Cl)cn23)cc1. The number of carbonyl (C=O) groups excluding carboxylic acids is 1. The van der Waals surface area contributed by atoms with Crippen molar-refractivity contribution in [3.8, 4) is 5.75 Å². The number of nitrogens with zero attached hydrogens (tertiary/aromatic N) is 3. The smallest absolute Gasteiger partial charge is 0.230 e. The van der Waals surface area contributed by atoms with Crippen LogP contribution < -0.4 is 10.1 Å². The lowest BCUT2D eigenvalue weighted by atomic mass is 10.1. The number of fused-ring (bicyclic) bond motifs is 1. The Kier molecular flexibility index (Phi) is 6.24. The second kappa shape index (κ2) is 8.62. The number of carbonyl (C=O) groups is 1. The maximum absolute atomic E-state index is 12.0. The molecular formula is C17H16Cl2N4O2S. The first-order chi connectivity index (χ1) is 12.6. The van der Waals surface area contributed by atoms with Crippen LogP contribution in [0, 0.1) is 0 Å². The molecule has 0 unspecified atom stereocenters. The number of pyridine rings is 1. The summed E-state index contributed by atoms with van der Waals surface area (Å²) >= 11 is 13.4. The molecule has 9 heteroatoms. The summed E-state index contributed by atoms with van der Waals surface area (Å²) in [6, 6.07) is 9.37. The Hall–Kier alpha value is -1.96. The third kappa shape index (κ3) is 4.60. The maximum atomic E-state index is 12.0. The van der Waals surface area contributed by atoms with Crippen LogP contribution in [0.1, 0.15) is 5.56 Å². The quantitative estimate of drug-likeness (QED) is 0.603. The summed E-state index contributed by atoms with van der Waals surface area (Å²) in [5, 5.41) is 12.4. The summed E-state index contributed by atoms with van der Waals surface area (Å²) in [6.45, 7) is 0.559. The Balaban J connectivity index is 1.49. The first-order valence-electron chi connectivity index (χ1n) is 7.79. The number of halogens is 2. The van der Waals surface area contributed by atoms with Crippen molar-refractivity contribution in [1.82, 2.24) is 19.9 Å². The van der Waals surface area contributed by atoms with E-state index in [1.807, 2.05) is 24.3 Å². The highest BCUT2D eigenvalue weighted by Crippen LogP contribution is 2.25. The molecule has 0 saturated carbocycles. The fourth-order valence-electron chi connectivity index (χ4n) is 2.32. The average molecular weight is 411 g/mol. The summed E-state index contributed by atoms with van der Waals surface area (Å²) in [5.74, 6) is 0.969. The maximum Gasteiger partial charge on any atom is 0.230 e. The molecule has 26 heavy (non-hydrogen) atoms. The highest BCUT2D eigenvalue weighted by atomic mass is 35.5. The van der Waals surface area contributed by atoms with Crippen LogP contribution in [-0.4, -0.2) is 39.9 Å². The van der Waals surface area contributed by atoms with E-state index in [0.29, 0.717) is 27.4 Å². The zero-order valence-electron chi connectivity index (χ0n) is 13.9. The minimum atomic E-state index is -0.0756. The molecule has 0 aliphatic rings. The Morgan fingerprint density at radius 3 is 2.77 bits per heavy atom. The van der Waals surface area contributed by atoms with Crippen molar-refractivity contribution in [2.24, 2.45) is 0 Å². The molecule has 1 aromatic carbocycles. The van der Waals surface area contributed by atoms with Crippen LogP contribution in [0.4, 0.5) is 0 Å². The molecule has 2 heterocycles. The van der Waals surface area contributed by atoms with Crippen molar-refractivity contribution in [1.29, 1.82) is 0 Å². The van der Waals surface area contributed by atoms with Crippen LogP contribution >= 0.6 is 35.0 Å². The average Bonchev–Trinajstić information content (AvgIpc) is 3.04. The van der Waals surface area contributed by atoms with Gasteiger partial charge in [-0.3, -0.25) is 9.20 Å². The molecule has 0 aliphatic heterocycles. The van der Waals surface area contributed by atoms with Crippen LogP contribution in [0.3, 0.4) is 0 Å². The van der Waals surface area contributed by atoms with Gasteiger partial charge in [0.15, 0.2) is 10.8 Å². The number of thioether (sulfide) groups is 1. The Bertz CT molecular complexity index is 915. The van der Waals surface area contributed by atoms with Gasteiger partial charge in [0.05, 0.1) is 22.9 Å². The monoisotopic (exact) mass is 410 g/mol. The summed E-state index contributed by atoms with van der Waals surface area (Å²) in [6.07, 6.45) is 2.42. The molecule has 2 aromatic heterocycles. The molecule has 0 atom stereocenters. The molecule has 0 bridgehead atoms. The summed E-state index contributed by atoms with van der Waals surface area (Å²) < 4.78 is 6.80. The largest absolute Gasteiger partial charge is 0.497 e. The van der Waals surface area contributed by atoms with Crippen molar-refractivity contribution in [3.63, 3.8) is 0 Å². The van der Waals surface area contributed by atoms with Crippen LogP contribution in [-0.2, 0) is 11.2 Å². The van der Waals surface area contributed by atoms with Gasteiger partial charge in [-0.2, -0.15) is 0 Å². The topological polar surface area (TPSA) is 68.5 Å². The van der Waals surface area contributed by atoms with Gasteiger partial charge in [-0.1, -0.05) is 47.1 Å². The normalized spacial score (nSPS) is 10.9. The second-order valence-corrected chi connectivity index (χ2v) is 7.21. The van der Waals surface area contributed by atoms with Crippen molar-refractivity contribution in [2.45, 2.75) is 11.6 Å². The lowest BCUT2D eigenvalue weighted by Gasteiger charge is -2.06. The molecule has 3 aromatic rings. The fraction of sp³-hybridized carbons (Fsp3) is 0.235. The molecule has 0 aliphatic carbocycles. The predicted molar refractivity (Wildman–Crippen MR) is 103 cm³/mol. The summed E-state index contributed by atoms with van der Waals surface area (Å²) in [5.41, 5.74) is 1.64. The minimum absolute atomic E-state index is 0.0756. The first kappa shape index (κ1) is 18.8. The van der Waals surface area contributed by atoms with E-state index in [2.05, 4.69) is 15.5 Å². The number of amides is 1. The molecule has 1 N–H and O–H groups in total. The van der Waals surface area contributed by atoms with E-state index in [1.54, 1.807) is 23.8 Å². The first-order valence-corrected chi connectivity index (χ1v) is 9.53. The minimum Gasteiger partial charge on any atom is -0.497 e. The number of rotatable bonds is 7. The Labute approximate surface area is 164 Å². The number of benzene rings is 1. The third-order valence-corrected chi connectivity index (χ3v) is 5.05. The molecular weight excluding hydrogens is 395 g/mol. The van der Waals surface area contributed by atoms with Crippen molar-refractivity contribution >= 4 is 46.5 Å². The van der Waals surface area contributed by atoms with Crippen LogP contribution in [0.15, 0.2) is 41.7 Å². The standard InChI is InChI=1S/C17H16Cl2N4O2S/c1-25-13-4-2-11(3-5-13)6-7-20-15(24)10-26-17-22-21-16-14(19)8-12(18)9-23(16)17/h2-5,8-9H,6-7,10H2,1H3,(H,20,24). The summed E-state index contributed by atoms with van der Waals surface area (Å²) in [7, 11) is 1.63. The molecule has 1 amide bonds. The predicted octanol–water partition coefficient (Wildman–Crippen LogP) is 3.50. The van der Waals surface area contributed by atoms with Gasteiger partial charge in [-0.25, -0.2) is 0 Å². The number of ether oxygens (including phenoxy) is 1. The van der Waals surface area contributed by atoms with Gasteiger partial charge in [0.2, 0.25) is 5.91 Å². The van der Waals surface area contributed by atoms with Crippen molar-refractivity contribution < 1.29 is 9.53 Å². The van der Waals surface area contributed by atoms with Crippen molar-refractivity contribution in [3.05, 3.63) is 52.1 Å². The van der Waals surface area contributed by atoms with Crippen LogP contribution in [0.2, 0.25) is 10.0 Å². The number of methoxy groups -OCH3 is 1. The van der Waals surface area contributed by atoms with Gasteiger partial charge in [-0.05, 0) is 30.2 Å². The molecule has 0 fully saturated rings. The van der Waals surface area contributed by atoms with E-state index >= 15 is 0 Å². The molecule has 0 radical (unpaired) electrons. The van der Waals surface area contributed by atoms with E-state index in [1.165, 1.54) is 11.8 Å². The highest BCUT2D eigenvalue weighted by Gasteiger charge is 2.12. The number of hydrogen-bond acceptors (Lipinski definition) is 5. The second-order valence-electron chi connectivity index (χ2n) is 5.42. The van der Waals surface area contributed by atoms with E-state index in [4.69, 9.17) is 27.9 Å². The van der Waals surface area contributed by atoms with Gasteiger partial charge >= 0.3 is 0 Å². The Morgan fingerprint density at radius 2 is 2.04 bits per heavy atom. The van der Waals surface area contributed by atoms with E-state index < -0.39 is 0 Å². The third-order valence-electron chi connectivity index (χ3n) is 3.62. The molecule has 0 saturated heterocycles. The van der Waals surface area contributed by atoms with Crippen LogP contribution in [0.5, 0.6) is 5.75 Å². The van der Waals surface area contributed by atoms with E-state index in [9.17, 15) is 4.79 Å². The van der Waals surface area contributed by atoms with Crippen molar-refractivity contribution in [2.75, 3.05) is 19.4 Å². The lowest BCUT2D eigenvalue weighted by Crippen LogP contribution is -2.27. The van der Waals surface area contributed by atoms with Gasteiger partial charge < -0.3 is 10.1 Å². The molecule has 6 nitrogen and oxygen atoms in total. The van der Waals surface area contributed by atoms with Crippen LogP contribution in [0.25, 0.3) is 5.65 Å². The van der Waals surface area contributed by atoms with E-state index in [-0.39, 0.29) is 11.7 Å². The summed E-state index contributed by atoms with van der Waals surface area (Å²) in [4.78, 5) is 12.0. The van der Waals surface area contributed by atoms with Gasteiger partial charge in [0.25, 0.3) is 0 Å². The zero-order chi connectivity index (χ0) is 18.5. The molecule has 3 rings (SSSR count). The molecule has 136 valence electrons. The highest BCUT2D eigenvalue weighted by molar-refractivity contribution is 7.99. The van der Waals surface area contributed by atoms with Gasteiger partial charge in [0, 0.05) is 12.7 Å². The lowest BCUT2D eigenvalue weighted by molar-refractivity contribution is -0.118. The van der Waals surface area contributed by atoms with Gasteiger partial charge in [0.1, 0.15) is 5.75 Å².